The molecule has 0 aliphatic carbocycles. The second kappa shape index (κ2) is 7.02. The van der Waals surface area contributed by atoms with Gasteiger partial charge in [-0.2, -0.15) is 0 Å². The lowest BCUT2D eigenvalue weighted by molar-refractivity contribution is 0.0272. The molecule has 0 atom stereocenters. The summed E-state index contributed by atoms with van der Waals surface area (Å²) in [6, 6.07) is 4.73. The van der Waals surface area contributed by atoms with Crippen LogP contribution in [0.15, 0.2) is 23.1 Å². The third kappa shape index (κ3) is 4.27. The minimum atomic E-state index is -3.60. The van der Waals surface area contributed by atoms with Crippen LogP contribution in [0, 0.1) is 18.8 Å². The number of nitrogens with one attached hydrogen (secondary N) is 1. The van der Waals surface area contributed by atoms with Gasteiger partial charge in [-0.25, -0.2) is 13.4 Å². The average Bonchev–Trinajstić information content (AvgIpc) is 2.46. The van der Waals surface area contributed by atoms with Crippen LogP contribution in [0.5, 0.6) is 0 Å². The van der Waals surface area contributed by atoms with E-state index < -0.39 is 10.0 Å². The molecule has 0 unspecified atom stereocenters. The summed E-state index contributed by atoms with van der Waals surface area (Å²) in [5, 5.41) is 10.3. The molecule has 0 aromatic heterocycles. The molecule has 0 radical (unpaired) electrons. The normalized spacial score (nSPS) is 16.3. The second-order valence-corrected chi connectivity index (χ2v) is 6.29. The molecule has 1 aliphatic heterocycles. The van der Waals surface area contributed by atoms with Gasteiger partial charge < -0.3 is 9.84 Å². The summed E-state index contributed by atoms with van der Waals surface area (Å²) in [5.41, 5.74) is 1.45. The number of sulfonamides is 1. The zero-order chi connectivity index (χ0) is 15.3. The molecular weight excluding hydrogens is 292 g/mol. The molecule has 1 aromatic rings. The predicted molar refractivity (Wildman–Crippen MR) is 77.9 cm³/mol. The van der Waals surface area contributed by atoms with E-state index in [1.807, 2.05) is 0 Å². The van der Waals surface area contributed by atoms with Crippen molar-refractivity contribution in [3.05, 3.63) is 29.3 Å². The van der Waals surface area contributed by atoms with Gasteiger partial charge in [0.15, 0.2) is 0 Å². The van der Waals surface area contributed by atoms with Crippen LogP contribution >= 0.6 is 0 Å². The van der Waals surface area contributed by atoms with Gasteiger partial charge in [-0.3, -0.25) is 0 Å². The summed E-state index contributed by atoms with van der Waals surface area (Å²) >= 11 is 0. The summed E-state index contributed by atoms with van der Waals surface area (Å²) < 4.78 is 29.8. The average molecular weight is 310 g/mol. The van der Waals surface area contributed by atoms with Gasteiger partial charge in [0, 0.05) is 18.7 Å². The fourth-order valence-electron chi connectivity index (χ4n) is 1.96. The van der Waals surface area contributed by atoms with Crippen molar-refractivity contribution < 1.29 is 18.3 Å². The standard InChI is InChI=1S/C14H18N2O4S/c1-12-11-14(5-4-13(12)3-2-8-17)21(18,19)15-16-6-9-20-10-7-16/h4-5,11,15,17H,6-10H2,1H3. The summed E-state index contributed by atoms with van der Waals surface area (Å²) in [4.78, 5) is 2.75. The molecule has 0 amide bonds. The van der Waals surface area contributed by atoms with Gasteiger partial charge in [0.2, 0.25) is 0 Å². The number of hydrogen-bond donors (Lipinski definition) is 2. The molecule has 0 spiro atoms. The topological polar surface area (TPSA) is 78.9 Å². The Bertz CT molecular complexity index is 655. The molecule has 114 valence electrons. The van der Waals surface area contributed by atoms with E-state index in [2.05, 4.69) is 16.7 Å². The molecule has 1 aliphatic rings. The molecule has 2 rings (SSSR count). The van der Waals surface area contributed by atoms with Gasteiger partial charge in [0.05, 0.1) is 18.1 Å². The molecule has 7 heteroatoms. The number of ether oxygens (including phenoxy) is 1. The Labute approximate surface area is 124 Å². The van der Waals surface area contributed by atoms with E-state index in [0.29, 0.717) is 31.9 Å². The Morgan fingerprint density at radius 1 is 1.38 bits per heavy atom. The maximum absolute atomic E-state index is 12.3. The largest absolute Gasteiger partial charge is 0.384 e. The SMILES string of the molecule is Cc1cc(S(=O)(=O)NN2CCOCC2)ccc1C#CCO. The van der Waals surface area contributed by atoms with Crippen LogP contribution in [-0.4, -0.2) is 51.4 Å². The van der Waals surface area contributed by atoms with Crippen molar-refractivity contribution in [3.63, 3.8) is 0 Å². The predicted octanol–water partition coefficient (Wildman–Crippen LogP) is -0.136. The lowest BCUT2D eigenvalue weighted by Gasteiger charge is -2.26. The number of aryl methyl sites for hydroxylation is 1. The van der Waals surface area contributed by atoms with Crippen LogP contribution in [-0.2, 0) is 14.8 Å². The van der Waals surface area contributed by atoms with Crippen molar-refractivity contribution in [1.82, 2.24) is 9.84 Å². The molecule has 1 aromatic carbocycles. The first-order valence-electron chi connectivity index (χ1n) is 6.58. The lowest BCUT2D eigenvalue weighted by atomic mass is 10.1. The van der Waals surface area contributed by atoms with E-state index in [9.17, 15) is 8.42 Å². The number of benzene rings is 1. The Kier molecular flexibility index (Phi) is 5.33. The van der Waals surface area contributed by atoms with Crippen LogP contribution in [0.2, 0.25) is 0 Å². The van der Waals surface area contributed by atoms with Crippen LogP contribution in [0.3, 0.4) is 0 Å². The highest BCUT2D eigenvalue weighted by molar-refractivity contribution is 7.89. The number of morpholine rings is 1. The monoisotopic (exact) mass is 310 g/mol. The van der Waals surface area contributed by atoms with Gasteiger partial charge in [-0.05, 0) is 30.7 Å². The molecule has 0 saturated carbocycles. The van der Waals surface area contributed by atoms with E-state index >= 15 is 0 Å². The van der Waals surface area contributed by atoms with E-state index in [0.717, 1.165) is 5.56 Å². The van der Waals surface area contributed by atoms with Crippen LogP contribution in [0.1, 0.15) is 11.1 Å². The number of hydrazine groups is 1. The number of aliphatic hydroxyl groups is 1. The molecule has 0 bridgehead atoms. The van der Waals surface area contributed by atoms with Crippen LogP contribution in [0.25, 0.3) is 0 Å². The highest BCUT2D eigenvalue weighted by atomic mass is 32.2. The molecule has 1 fully saturated rings. The van der Waals surface area contributed by atoms with Gasteiger partial charge in [0.1, 0.15) is 6.61 Å². The number of rotatable bonds is 3. The summed E-state index contributed by atoms with van der Waals surface area (Å²) in [6.45, 7) is 3.64. The molecule has 1 saturated heterocycles. The fourth-order valence-corrected chi connectivity index (χ4v) is 3.16. The maximum atomic E-state index is 12.3. The molecule has 1 heterocycles. The Balaban J connectivity index is 2.18. The second-order valence-electron chi connectivity index (χ2n) is 4.63. The molecule has 2 N–H and O–H groups in total. The zero-order valence-electron chi connectivity index (χ0n) is 11.8. The summed E-state index contributed by atoms with van der Waals surface area (Å²) in [7, 11) is -3.60. The molecule has 6 nitrogen and oxygen atoms in total. The van der Waals surface area contributed by atoms with Crippen molar-refractivity contribution in [2.45, 2.75) is 11.8 Å². The summed E-state index contributed by atoms with van der Waals surface area (Å²) in [6.07, 6.45) is 0. The van der Waals surface area contributed by atoms with Crippen molar-refractivity contribution >= 4 is 10.0 Å². The van der Waals surface area contributed by atoms with Crippen molar-refractivity contribution in [2.75, 3.05) is 32.9 Å². The third-order valence-electron chi connectivity index (χ3n) is 3.07. The van der Waals surface area contributed by atoms with Gasteiger partial charge in [0.25, 0.3) is 10.0 Å². The van der Waals surface area contributed by atoms with Crippen molar-refractivity contribution in [2.24, 2.45) is 0 Å². The van der Waals surface area contributed by atoms with Gasteiger partial charge in [-0.15, -0.1) is 4.83 Å². The number of aliphatic hydroxyl groups excluding tert-OH is 1. The first-order chi connectivity index (χ1) is 10.0. The quantitative estimate of drug-likeness (QED) is 0.760. The maximum Gasteiger partial charge on any atom is 0.253 e. The fraction of sp³-hybridized carbons (Fsp3) is 0.429. The first-order valence-corrected chi connectivity index (χ1v) is 8.07. The Hall–Kier alpha value is -1.43. The third-order valence-corrected chi connectivity index (χ3v) is 4.44. The minimum absolute atomic E-state index is 0.195. The smallest absolute Gasteiger partial charge is 0.253 e. The zero-order valence-corrected chi connectivity index (χ0v) is 12.6. The van der Waals surface area contributed by atoms with Crippen LogP contribution in [0.4, 0.5) is 0 Å². The van der Waals surface area contributed by atoms with Gasteiger partial charge >= 0.3 is 0 Å². The first kappa shape index (κ1) is 15.9. The Morgan fingerprint density at radius 2 is 2.10 bits per heavy atom. The van der Waals surface area contributed by atoms with E-state index in [1.54, 1.807) is 24.1 Å². The van der Waals surface area contributed by atoms with Crippen LogP contribution < -0.4 is 4.83 Å². The number of hydrogen-bond acceptors (Lipinski definition) is 5. The highest BCUT2D eigenvalue weighted by Gasteiger charge is 2.20. The molecular formula is C14H18N2O4S. The van der Waals surface area contributed by atoms with Crippen molar-refractivity contribution in [1.29, 1.82) is 0 Å². The van der Waals surface area contributed by atoms with Crippen molar-refractivity contribution in [3.8, 4) is 11.8 Å². The minimum Gasteiger partial charge on any atom is -0.384 e. The van der Waals surface area contributed by atoms with E-state index in [1.165, 1.54) is 6.07 Å². The van der Waals surface area contributed by atoms with E-state index in [-0.39, 0.29) is 11.5 Å². The lowest BCUT2D eigenvalue weighted by Crippen LogP contribution is -2.48. The number of nitrogens with zero attached hydrogens (tertiary/aromatic N) is 1. The highest BCUT2D eigenvalue weighted by Crippen LogP contribution is 2.15. The Morgan fingerprint density at radius 3 is 2.71 bits per heavy atom. The summed E-state index contributed by atoms with van der Waals surface area (Å²) in [5.74, 6) is 5.33. The molecule has 21 heavy (non-hydrogen) atoms. The van der Waals surface area contributed by atoms with Gasteiger partial charge in [-0.1, -0.05) is 11.8 Å². The van der Waals surface area contributed by atoms with E-state index in [4.69, 9.17) is 9.84 Å².